The van der Waals surface area contributed by atoms with Gasteiger partial charge in [-0.15, -0.1) is 0 Å². The summed E-state index contributed by atoms with van der Waals surface area (Å²) in [5.74, 6) is -0.521. The van der Waals surface area contributed by atoms with Crippen molar-refractivity contribution in [2.45, 2.75) is 23.2 Å². The normalized spacial score (nSPS) is 16.5. The van der Waals surface area contributed by atoms with E-state index < -0.39 is 11.4 Å². The predicted octanol–water partition coefficient (Wildman–Crippen LogP) is 3.47. The summed E-state index contributed by atoms with van der Waals surface area (Å²) >= 11 is -0.283. The van der Waals surface area contributed by atoms with Gasteiger partial charge in [0.05, 0.1) is 12.2 Å². The second-order valence-electron chi connectivity index (χ2n) is 3.99. The van der Waals surface area contributed by atoms with E-state index in [1.54, 1.807) is 0 Å². The van der Waals surface area contributed by atoms with E-state index in [0.29, 0.717) is 13.2 Å². The van der Waals surface area contributed by atoms with Crippen LogP contribution < -0.4 is 0 Å². The second kappa shape index (κ2) is 5.83. The van der Waals surface area contributed by atoms with E-state index in [2.05, 4.69) is 0 Å². The minimum Gasteiger partial charge on any atom is -0.271 e. The Kier molecular flexibility index (Phi) is 4.36. The molecule has 19 heavy (non-hydrogen) atoms. The van der Waals surface area contributed by atoms with Gasteiger partial charge in [-0.25, -0.2) is 5.06 Å². The van der Waals surface area contributed by atoms with Gasteiger partial charge in [0, 0.05) is 11.4 Å². The predicted molar refractivity (Wildman–Crippen MR) is 64.6 cm³/mol. The van der Waals surface area contributed by atoms with Gasteiger partial charge in [0.2, 0.25) is 0 Å². The number of hydroxylamine groups is 2. The lowest BCUT2D eigenvalue weighted by atomic mass is 10.2. The quantitative estimate of drug-likeness (QED) is 0.781. The molecule has 0 unspecified atom stereocenters. The Morgan fingerprint density at radius 2 is 2.00 bits per heavy atom. The molecule has 0 radical (unpaired) electrons. The summed E-state index contributed by atoms with van der Waals surface area (Å²) in [5.41, 5.74) is -4.40. The molecule has 1 aliphatic rings. The molecule has 0 spiro atoms. The van der Waals surface area contributed by atoms with Crippen LogP contribution in [0.5, 0.6) is 0 Å². The lowest BCUT2D eigenvalue weighted by Gasteiger charge is -2.26. The molecule has 2 rings (SSSR count). The SMILES string of the molecule is O=C(c1ccccc1SC(F)(F)F)N1CCCCO1. The van der Waals surface area contributed by atoms with Crippen LogP contribution in [0.4, 0.5) is 13.2 Å². The first-order chi connectivity index (χ1) is 8.97. The summed E-state index contributed by atoms with van der Waals surface area (Å²) in [6.45, 7) is 0.824. The maximum atomic E-state index is 12.4. The number of hydrogen-bond acceptors (Lipinski definition) is 3. The highest BCUT2D eigenvalue weighted by Crippen LogP contribution is 2.38. The number of nitrogens with zero attached hydrogens (tertiary/aromatic N) is 1. The van der Waals surface area contributed by atoms with Crippen LogP contribution in [-0.2, 0) is 4.84 Å². The molecule has 3 nitrogen and oxygen atoms in total. The van der Waals surface area contributed by atoms with E-state index in [0.717, 1.165) is 17.9 Å². The molecule has 1 aliphatic heterocycles. The minimum atomic E-state index is -4.42. The number of thioether (sulfide) groups is 1. The highest BCUT2D eigenvalue weighted by molar-refractivity contribution is 8.00. The van der Waals surface area contributed by atoms with Crippen molar-refractivity contribution in [2.24, 2.45) is 0 Å². The zero-order valence-corrected chi connectivity index (χ0v) is 10.8. The topological polar surface area (TPSA) is 29.5 Å². The number of rotatable bonds is 2. The number of hydrogen-bond donors (Lipinski definition) is 0. The van der Waals surface area contributed by atoms with Crippen LogP contribution in [0, 0.1) is 0 Å². The van der Waals surface area contributed by atoms with Crippen LogP contribution >= 0.6 is 11.8 Å². The Morgan fingerprint density at radius 1 is 1.26 bits per heavy atom. The summed E-state index contributed by atoms with van der Waals surface area (Å²) in [6, 6.07) is 5.68. The standard InChI is InChI=1S/C12H12F3NO2S/c13-12(14,15)19-10-6-2-1-5-9(10)11(17)16-7-3-4-8-18-16/h1-2,5-6H,3-4,7-8H2. The zero-order chi connectivity index (χ0) is 13.9. The van der Waals surface area contributed by atoms with Gasteiger partial charge in [-0.3, -0.25) is 9.63 Å². The molecule has 1 saturated heterocycles. The number of alkyl halides is 3. The Morgan fingerprint density at radius 3 is 2.63 bits per heavy atom. The molecular weight excluding hydrogens is 279 g/mol. The van der Waals surface area contributed by atoms with Gasteiger partial charge >= 0.3 is 5.51 Å². The van der Waals surface area contributed by atoms with Crippen molar-refractivity contribution >= 4 is 17.7 Å². The molecule has 7 heteroatoms. The summed E-state index contributed by atoms with van der Waals surface area (Å²) in [6.07, 6.45) is 1.64. The molecule has 1 amide bonds. The zero-order valence-electron chi connectivity index (χ0n) is 9.94. The fourth-order valence-corrected chi connectivity index (χ4v) is 2.41. The van der Waals surface area contributed by atoms with E-state index in [-0.39, 0.29) is 22.2 Å². The van der Waals surface area contributed by atoms with Crippen molar-refractivity contribution in [1.29, 1.82) is 0 Å². The molecule has 104 valence electrons. The average molecular weight is 291 g/mol. The molecular formula is C12H12F3NO2S. The summed E-state index contributed by atoms with van der Waals surface area (Å²) < 4.78 is 37.3. The number of benzene rings is 1. The molecule has 0 N–H and O–H groups in total. The van der Waals surface area contributed by atoms with Crippen LogP contribution in [0.3, 0.4) is 0 Å². The van der Waals surface area contributed by atoms with E-state index >= 15 is 0 Å². The van der Waals surface area contributed by atoms with Crippen LogP contribution in [0.1, 0.15) is 23.2 Å². The van der Waals surface area contributed by atoms with Crippen molar-refractivity contribution < 1.29 is 22.8 Å². The highest BCUT2D eigenvalue weighted by atomic mass is 32.2. The van der Waals surface area contributed by atoms with Crippen molar-refractivity contribution in [1.82, 2.24) is 5.06 Å². The molecule has 1 aromatic carbocycles. The lowest BCUT2D eigenvalue weighted by molar-refractivity contribution is -0.144. The molecule has 1 aromatic rings. The van der Waals surface area contributed by atoms with E-state index in [1.165, 1.54) is 24.3 Å². The van der Waals surface area contributed by atoms with Crippen LogP contribution in [0.2, 0.25) is 0 Å². The monoisotopic (exact) mass is 291 g/mol. The van der Waals surface area contributed by atoms with Gasteiger partial charge in [-0.2, -0.15) is 13.2 Å². The molecule has 0 atom stereocenters. The van der Waals surface area contributed by atoms with E-state index in [1.807, 2.05) is 0 Å². The van der Waals surface area contributed by atoms with Crippen LogP contribution in [-0.4, -0.2) is 29.6 Å². The van der Waals surface area contributed by atoms with Crippen molar-refractivity contribution in [3.05, 3.63) is 29.8 Å². The fraction of sp³-hybridized carbons (Fsp3) is 0.417. The van der Waals surface area contributed by atoms with Crippen molar-refractivity contribution in [2.75, 3.05) is 13.2 Å². The number of carbonyl (C=O) groups excluding carboxylic acids is 1. The van der Waals surface area contributed by atoms with Gasteiger partial charge in [0.25, 0.3) is 5.91 Å². The number of halogens is 3. The maximum absolute atomic E-state index is 12.4. The number of carbonyl (C=O) groups is 1. The molecule has 1 heterocycles. The van der Waals surface area contributed by atoms with Gasteiger partial charge < -0.3 is 0 Å². The number of amides is 1. The van der Waals surface area contributed by atoms with Gasteiger partial charge in [-0.05, 0) is 36.7 Å². The molecule has 0 saturated carbocycles. The first kappa shape index (κ1) is 14.2. The Balaban J connectivity index is 2.21. The van der Waals surface area contributed by atoms with E-state index in [4.69, 9.17) is 4.84 Å². The fourth-order valence-electron chi connectivity index (χ4n) is 1.75. The highest BCUT2D eigenvalue weighted by Gasteiger charge is 2.32. The van der Waals surface area contributed by atoms with E-state index in [9.17, 15) is 18.0 Å². The van der Waals surface area contributed by atoms with Gasteiger partial charge in [0.15, 0.2) is 0 Å². The van der Waals surface area contributed by atoms with Crippen LogP contribution in [0.15, 0.2) is 29.2 Å². The average Bonchev–Trinajstić information content (AvgIpc) is 2.38. The maximum Gasteiger partial charge on any atom is 0.446 e. The largest absolute Gasteiger partial charge is 0.446 e. The smallest absolute Gasteiger partial charge is 0.271 e. The molecule has 1 fully saturated rings. The minimum absolute atomic E-state index is 0.0201. The summed E-state index contributed by atoms with van der Waals surface area (Å²) in [5, 5.41) is 1.14. The Hall–Kier alpha value is -1.21. The second-order valence-corrected chi connectivity index (χ2v) is 5.10. The third-order valence-electron chi connectivity index (χ3n) is 2.57. The van der Waals surface area contributed by atoms with Crippen molar-refractivity contribution in [3.63, 3.8) is 0 Å². The molecule has 0 aromatic heterocycles. The van der Waals surface area contributed by atoms with Crippen LogP contribution in [0.25, 0.3) is 0 Å². The van der Waals surface area contributed by atoms with Gasteiger partial charge in [-0.1, -0.05) is 12.1 Å². The molecule has 0 aliphatic carbocycles. The Labute approximate surface area is 112 Å². The van der Waals surface area contributed by atoms with Crippen molar-refractivity contribution in [3.8, 4) is 0 Å². The van der Waals surface area contributed by atoms with Gasteiger partial charge in [0.1, 0.15) is 0 Å². The first-order valence-corrected chi connectivity index (χ1v) is 6.58. The summed E-state index contributed by atoms with van der Waals surface area (Å²) in [7, 11) is 0. The molecule has 0 bridgehead atoms. The lowest BCUT2D eigenvalue weighted by Crippen LogP contribution is -2.36. The summed E-state index contributed by atoms with van der Waals surface area (Å²) in [4.78, 5) is 17.2. The first-order valence-electron chi connectivity index (χ1n) is 5.77. The third-order valence-corrected chi connectivity index (χ3v) is 3.38. The third kappa shape index (κ3) is 3.87. The Bertz CT molecular complexity index is 459.